The lowest BCUT2D eigenvalue weighted by molar-refractivity contribution is -0.305. The third-order valence-electron chi connectivity index (χ3n) is 7.30. The molecule has 6 atom stereocenters. The number of aliphatic hydroxyl groups is 4. The first-order valence-corrected chi connectivity index (χ1v) is 15.5. The molecule has 0 spiro atoms. The van der Waals surface area contributed by atoms with Crippen LogP contribution >= 0.6 is 0 Å². The summed E-state index contributed by atoms with van der Waals surface area (Å²) in [5, 5.41) is 39.2. The largest absolute Gasteiger partial charge is 0.462 e. The molecular formula is C30H56O10. The van der Waals surface area contributed by atoms with Crippen molar-refractivity contribution in [2.24, 2.45) is 0 Å². The maximum Gasteiger partial charge on any atom is 0.306 e. The zero-order chi connectivity index (χ0) is 29.6. The van der Waals surface area contributed by atoms with Crippen molar-refractivity contribution < 1.29 is 49.0 Å². The number of unbranched alkanes of at least 4 members (excludes halogenated alkanes) is 15. The molecule has 1 fully saturated rings. The van der Waals surface area contributed by atoms with Gasteiger partial charge in [0.2, 0.25) is 0 Å². The van der Waals surface area contributed by atoms with E-state index in [0.29, 0.717) is 6.42 Å². The number of rotatable bonds is 24. The first-order valence-electron chi connectivity index (χ1n) is 15.5. The van der Waals surface area contributed by atoms with Crippen molar-refractivity contribution in [1.82, 2.24) is 0 Å². The number of aliphatic hydroxyl groups excluding tert-OH is 4. The minimum atomic E-state index is -1.58. The van der Waals surface area contributed by atoms with Gasteiger partial charge in [0.1, 0.15) is 31.0 Å². The highest BCUT2D eigenvalue weighted by Crippen LogP contribution is 2.22. The van der Waals surface area contributed by atoms with Gasteiger partial charge in [0.15, 0.2) is 12.4 Å². The number of hydrogen-bond acceptors (Lipinski definition) is 10. The lowest BCUT2D eigenvalue weighted by Crippen LogP contribution is -2.59. The van der Waals surface area contributed by atoms with Crippen LogP contribution < -0.4 is 0 Å². The Bertz CT molecular complexity index is 644. The average molecular weight is 577 g/mol. The Balaban J connectivity index is 2.16. The smallest absolute Gasteiger partial charge is 0.306 e. The highest BCUT2D eigenvalue weighted by atomic mass is 16.7. The van der Waals surface area contributed by atoms with Gasteiger partial charge in [0, 0.05) is 13.3 Å². The van der Waals surface area contributed by atoms with E-state index in [-0.39, 0.29) is 19.6 Å². The first kappa shape index (κ1) is 36.7. The normalized spacial score (nSPS) is 23.6. The lowest BCUT2D eigenvalue weighted by Gasteiger charge is -2.39. The third-order valence-corrected chi connectivity index (χ3v) is 7.30. The van der Waals surface area contributed by atoms with Crippen molar-refractivity contribution in [2.45, 2.75) is 160 Å². The number of carbonyl (C=O) groups is 2. The number of esters is 2. The zero-order valence-corrected chi connectivity index (χ0v) is 24.8. The van der Waals surface area contributed by atoms with E-state index < -0.39 is 55.4 Å². The summed E-state index contributed by atoms with van der Waals surface area (Å²) in [6.07, 6.45) is 12.1. The topological polar surface area (TPSA) is 152 Å². The van der Waals surface area contributed by atoms with Crippen LogP contribution in [0.4, 0.5) is 0 Å². The van der Waals surface area contributed by atoms with Crippen molar-refractivity contribution in [3.63, 3.8) is 0 Å². The molecule has 0 radical (unpaired) electrons. The van der Waals surface area contributed by atoms with E-state index in [9.17, 15) is 30.0 Å². The predicted octanol–water partition coefficient (Wildman–Crippen LogP) is 3.93. The molecule has 0 amide bonds. The van der Waals surface area contributed by atoms with Crippen molar-refractivity contribution in [2.75, 3.05) is 19.8 Å². The van der Waals surface area contributed by atoms with Crippen LogP contribution in [-0.2, 0) is 28.5 Å². The molecule has 4 N–H and O–H groups in total. The summed E-state index contributed by atoms with van der Waals surface area (Å²) in [4.78, 5) is 23.6. The Morgan fingerprint density at radius 1 is 0.725 bits per heavy atom. The first-order chi connectivity index (χ1) is 19.3. The van der Waals surface area contributed by atoms with E-state index in [4.69, 9.17) is 18.9 Å². The monoisotopic (exact) mass is 576 g/mol. The van der Waals surface area contributed by atoms with Gasteiger partial charge >= 0.3 is 11.9 Å². The van der Waals surface area contributed by atoms with E-state index in [1.807, 2.05) is 0 Å². The number of carbonyl (C=O) groups excluding carboxylic acids is 2. The summed E-state index contributed by atoms with van der Waals surface area (Å²) in [5.41, 5.74) is 0. The van der Waals surface area contributed by atoms with Crippen molar-refractivity contribution in [3.05, 3.63) is 0 Å². The SMILES string of the molecule is CCCCCCCCCCCCCCCCCCC(=O)OC(COC(C)=O)COC1OC(CO)C(O)C(O)C1O. The summed E-state index contributed by atoms with van der Waals surface area (Å²) < 4.78 is 21.1. The minimum Gasteiger partial charge on any atom is -0.462 e. The predicted molar refractivity (Wildman–Crippen MR) is 150 cm³/mol. The van der Waals surface area contributed by atoms with Crippen LogP contribution in [0.25, 0.3) is 0 Å². The molecule has 0 saturated carbocycles. The molecule has 10 nitrogen and oxygen atoms in total. The zero-order valence-electron chi connectivity index (χ0n) is 24.8. The molecule has 1 saturated heterocycles. The fraction of sp³-hybridized carbons (Fsp3) is 0.933. The molecule has 6 unspecified atom stereocenters. The highest BCUT2D eigenvalue weighted by molar-refractivity contribution is 5.69. The van der Waals surface area contributed by atoms with Gasteiger partial charge in [0.25, 0.3) is 0 Å². The molecule has 1 rings (SSSR count). The Morgan fingerprint density at radius 3 is 1.70 bits per heavy atom. The fourth-order valence-corrected chi connectivity index (χ4v) is 4.80. The van der Waals surface area contributed by atoms with Gasteiger partial charge in [-0.3, -0.25) is 9.59 Å². The van der Waals surface area contributed by atoms with E-state index in [1.54, 1.807) is 0 Å². The van der Waals surface area contributed by atoms with E-state index in [1.165, 1.54) is 84.0 Å². The molecule has 0 aliphatic carbocycles. The van der Waals surface area contributed by atoms with Crippen LogP contribution in [0.2, 0.25) is 0 Å². The van der Waals surface area contributed by atoms with Gasteiger partial charge < -0.3 is 39.4 Å². The van der Waals surface area contributed by atoms with Crippen molar-refractivity contribution in [1.29, 1.82) is 0 Å². The van der Waals surface area contributed by atoms with Crippen LogP contribution in [0, 0.1) is 0 Å². The summed E-state index contributed by atoms with van der Waals surface area (Å²) in [7, 11) is 0. The molecule has 40 heavy (non-hydrogen) atoms. The quantitative estimate of drug-likeness (QED) is 0.0982. The van der Waals surface area contributed by atoms with Gasteiger partial charge in [-0.25, -0.2) is 0 Å². The molecule has 236 valence electrons. The molecule has 1 heterocycles. The standard InChI is InChI=1S/C30H56O10/c1-3-4-5-6-7-8-9-10-11-12-13-14-15-16-17-18-19-26(33)39-24(21-37-23(2)32)22-38-30-29(36)28(35)27(34)25(20-31)40-30/h24-25,27-31,34-36H,3-22H2,1-2H3. The minimum absolute atomic E-state index is 0.231. The van der Waals surface area contributed by atoms with Crippen LogP contribution in [0.15, 0.2) is 0 Å². The summed E-state index contributed by atoms with van der Waals surface area (Å²) >= 11 is 0. The van der Waals surface area contributed by atoms with Gasteiger partial charge in [0.05, 0.1) is 13.2 Å². The van der Waals surface area contributed by atoms with E-state index in [0.717, 1.165) is 19.3 Å². The van der Waals surface area contributed by atoms with E-state index in [2.05, 4.69) is 6.92 Å². The maximum absolute atomic E-state index is 12.3. The van der Waals surface area contributed by atoms with Crippen LogP contribution in [0.1, 0.15) is 123 Å². The summed E-state index contributed by atoms with van der Waals surface area (Å²) in [6.45, 7) is 2.38. The van der Waals surface area contributed by atoms with Crippen LogP contribution in [-0.4, -0.2) is 89.0 Å². The van der Waals surface area contributed by atoms with Crippen molar-refractivity contribution in [3.8, 4) is 0 Å². The molecule has 10 heteroatoms. The highest BCUT2D eigenvalue weighted by Gasteiger charge is 2.44. The number of ether oxygens (including phenoxy) is 4. The second kappa shape index (κ2) is 23.3. The second-order valence-corrected chi connectivity index (χ2v) is 11.0. The Labute approximate surface area is 240 Å². The molecule has 0 aromatic heterocycles. The Kier molecular flexibility index (Phi) is 21.4. The number of hydrogen-bond donors (Lipinski definition) is 4. The molecule has 0 aromatic carbocycles. The van der Waals surface area contributed by atoms with Crippen molar-refractivity contribution >= 4 is 11.9 Å². The van der Waals surface area contributed by atoms with Gasteiger partial charge in [-0.2, -0.15) is 0 Å². The fourth-order valence-electron chi connectivity index (χ4n) is 4.80. The third kappa shape index (κ3) is 16.8. The molecule has 1 aliphatic heterocycles. The lowest BCUT2D eigenvalue weighted by atomic mass is 9.99. The van der Waals surface area contributed by atoms with Crippen LogP contribution in [0.5, 0.6) is 0 Å². The second-order valence-electron chi connectivity index (χ2n) is 11.0. The van der Waals surface area contributed by atoms with Gasteiger partial charge in [-0.1, -0.05) is 103 Å². The van der Waals surface area contributed by atoms with E-state index >= 15 is 0 Å². The van der Waals surface area contributed by atoms with Crippen LogP contribution in [0.3, 0.4) is 0 Å². The molecule has 0 aromatic rings. The van der Waals surface area contributed by atoms with Gasteiger partial charge in [-0.05, 0) is 6.42 Å². The summed E-state index contributed by atoms with van der Waals surface area (Å²) in [5.74, 6) is -0.994. The molecular weight excluding hydrogens is 520 g/mol. The summed E-state index contributed by atoms with van der Waals surface area (Å²) in [6, 6.07) is 0. The Morgan fingerprint density at radius 2 is 1.23 bits per heavy atom. The molecule has 1 aliphatic rings. The Hall–Kier alpha value is -1.30. The van der Waals surface area contributed by atoms with Gasteiger partial charge in [-0.15, -0.1) is 0 Å². The average Bonchev–Trinajstić information content (AvgIpc) is 2.93. The maximum atomic E-state index is 12.3. The molecule has 0 bridgehead atoms.